The number of hydrogen-bond donors (Lipinski definition) is 2. The molecule has 16 heavy (non-hydrogen) atoms. The van der Waals surface area contributed by atoms with Crippen molar-refractivity contribution in [3.8, 4) is 0 Å². The van der Waals surface area contributed by atoms with Gasteiger partial charge in [0.1, 0.15) is 0 Å². The Balaban J connectivity index is 1.67. The van der Waals surface area contributed by atoms with Crippen molar-refractivity contribution in [2.45, 2.75) is 75.1 Å². The van der Waals surface area contributed by atoms with E-state index in [0.29, 0.717) is 18.1 Å². The van der Waals surface area contributed by atoms with Crippen LogP contribution in [0.3, 0.4) is 0 Å². The molecule has 1 saturated carbocycles. The molecule has 3 aliphatic rings. The summed E-state index contributed by atoms with van der Waals surface area (Å²) in [5.74, 6) is 0. The molecule has 3 N–H and O–H groups in total. The van der Waals surface area contributed by atoms with Gasteiger partial charge in [0.25, 0.3) is 0 Å². The zero-order chi connectivity index (χ0) is 11.2. The number of nitrogens with two attached hydrogens (primary N) is 1. The first-order chi connectivity index (χ1) is 7.66. The minimum Gasteiger partial charge on any atom is -0.389 e. The molecule has 92 valence electrons. The number of aliphatic hydroxyl groups is 1. The van der Waals surface area contributed by atoms with Crippen LogP contribution in [0.5, 0.6) is 0 Å². The van der Waals surface area contributed by atoms with Gasteiger partial charge in [-0.1, -0.05) is 12.8 Å². The number of rotatable bonds is 2. The summed E-state index contributed by atoms with van der Waals surface area (Å²) >= 11 is 0. The van der Waals surface area contributed by atoms with Gasteiger partial charge in [-0.2, -0.15) is 0 Å². The van der Waals surface area contributed by atoms with E-state index >= 15 is 0 Å². The molecule has 2 saturated heterocycles. The van der Waals surface area contributed by atoms with Crippen LogP contribution in [0.15, 0.2) is 0 Å². The van der Waals surface area contributed by atoms with E-state index in [1.807, 2.05) is 0 Å². The normalized spacial score (nSPS) is 42.8. The molecular weight excluding hydrogens is 200 g/mol. The van der Waals surface area contributed by atoms with E-state index < -0.39 is 0 Å². The number of hydrogen-bond acceptors (Lipinski definition) is 3. The molecular formula is C13H24N2O. The Morgan fingerprint density at radius 3 is 2.25 bits per heavy atom. The van der Waals surface area contributed by atoms with E-state index in [1.165, 1.54) is 25.7 Å². The summed E-state index contributed by atoms with van der Waals surface area (Å²) in [5.41, 5.74) is 5.70. The summed E-state index contributed by atoms with van der Waals surface area (Å²) in [5, 5.41) is 10.5. The lowest BCUT2D eigenvalue weighted by molar-refractivity contribution is -0.0175. The SMILES string of the molecule is NC1CC2CCC(C1)N2CC1(O)CCCC1. The molecule has 2 atom stereocenters. The van der Waals surface area contributed by atoms with Crippen LogP contribution in [0.1, 0.15) is 51.4 Å². The molecule has 3 heteroatoms. The first kappa shape index (κ1) is 11.0. The van der Waals surface area contributed by atoms with Crippen LogP contribution < -0.4 is 5.73 Å². The topological polar surface area (TPSA) is 49.5 Å². The molecule has 0 radical (unpaired) electrons. The molecule has 3 fully saturated rings. The van der Waals surface area contributed by atoms with Crippen LogP contribution in [-0.2, 0) is 0 Å². The standard InChI is InChI=1S/C13H24N2O/c14-10-7-11-3-4-12(8-10)15(11)9-13(16)5-1-2-6-13/h10-12,16H,1-9,14H2. The van der Waals surface area contributed by atoms with E-state index in [2.05, 4.69) is 4.90 Å². The van der Waals surface area contributed by atoms with Gasteiger partial charge in [-0.05, 0) is 38.5 Å². The zero-order valence-electron chi connectivity index (χ0n) is 10.1. The fourth-order valence-corrected chi connectivity index (χ4v) is 4.11. The van der Waals surface area contributed by atoms with Crippen molar-refractivity contribution in [3.63, 3.8) is 0 Å². The van der Waals surface area contributed by atoms with Crippen molar-refractivity contribution in [3.05, 3.63) is 0 Å². The van der Waals surface area contributed by atoms with Gasteiger partial charge in [0.05, 0.1) is 5.60 Å². The second kappa shape index (κ2) is 3.97. The monoisotopic (exact) mass is 224 g/mol. The van der Waals surface area contributed by atoms with Crippen LogP contribution in [0.2, 0.25) is 0 Å². The molecule has 0 aromatic carbocycles. The Morgan fingerprint density at radius 1 is 1.12 bits per heavy atom. The van der Waals surface area contributed by atoms with E-state index in [-0.39, 0.29) is 5.60 Å². The average molecular weight is 224 g/mol. The molecule has 2 unspecified atom stereocenters. The van der Waals surface area contributed by atoms with Crippen molar-refractivity contribution < 1.29 is 5.11 Å². The third-order valence-electron chi connectivity index (χ3n) is 4.93. The van der Waals surface area contributed by atoms with Gasteiger partial charge in [0.15, 0.2) is 0 Å². The lowest BCUT2D eigenvalue weighted by Gasteiger charge is -2.41. The second-order valence-corrected chi connectivity index (χ2v) is 6.22. The zero-order valence-corrected chi connectivity index (χ0v) is 10.1. The molecule has 0 aromatic rings. The molecule has 0 amide bonds. The van der Waals surface area contributed by atoms with Crippen LogP contribution in [0.4, 0.5) is 0 Å². The quantitative estimate of drug-likeness (QED) is 0.742. The fraction of sp³-hybridized carbons (Fsp3) is 1.00. The van der Waals surface area contributed by atoms with Crippen molar-refractivity contribution in [2.24, 2.45) is 5.73 Å². The maximum atomic E-state index is 10.5. The lowest BCUT2D eigenvalue weighted by atomic mass is 9.94. The van der Waals surface area contributed by atoms with Crippen molar-refractivity contribution in [1.82, 2.24) is 4.90 Å². The second-order valence-electron chi connectivity index (χ2n) is 6.22. The van der Waals surface area contributed by atoms with Crippen molar-refractivity contribution >= 4 is 0 Å². The highest BCUT2D eigenvalue weighted by molar-refractivity contribution is 5.00. The van der Waals surface area contributed by atoms with Gasteiger partial charge in [0, 0.05) is 24.7 Å². The van der Waals surface area contributed by atoms with E-state index in [4.69, 9.17) is 5.73 Å². The predicted molar refractivity (Wildman–Crippen MR) is 64.1 cm³/mol. The third kappa shape index (κ3) is 1.89. The molecule has 0 aromatic heterocycles. The number of nitrogens with zero attached hydrogens (tertiary/aromatic N) is 1. The predicted octanol–water partition coefficient (Wildman–Crippen LogP) is 1.25. The highest BCUT2D eigenvalue weighted by Gasteiger charge is 2.43. The van der Waals surface area contributed by atoms with Gasteiger partial charge >= 0.3 is 0 Å². The highest BCUT2D eigenvalue weighted by Crippen LogP contribution is 2.39. The third-order valence-corrected chi connectivity index (χ3v) is 4.93. The minimum absolute atomic E-state index is 0.373. The molecule has 1 aliphatic carbocycles. The van der Waals surface area contributed by atoms with Gasteiger partial charge in [-0.15, -0.1) is 0 Å². The Morgan fingerprint density at radius 2 is 1.69 bits per heavy atom. The van der Waals surface area contributed by atoms with Gasteiger partial charge in [-0.25, -0.2) is 0 Å². The summed E-state index contributed by atoms with van der Waals surface area (Å²) in [4.78, 5) is 2.58. The molecule has 3 nitrogen and oxygen atoms in total. The maximum absolute atomic E-state index is 10.5. The lowest BCUT2D eigenvalue weighted by Crippen LogP contribution is -2.52. The largest absolute Gasteiger partial charge is 0.389 e. The molecule has 2 bridgehead atoms. The Labute approximate surface area is 98.0 Å². The van der Waals surface area contributed by atoms with Crippen LogP contribution in [0, 0.1) is 0 Å². The van der Waals surface area contributed by atoms with E-state index in [1.54, 1.807) is 0 Å². The summed E-state index contributed by atoms with van der Waals surface area (Å²) < 4.78 is 0. The van der Waals surface area contributed by atoms with Crippen molar-refractivity contribution in [1.29, 1.82) is 0 Å². The minimum atomic E-state index is -0.373. The highest BCUT2D eigenvalue weighted by atomic mass is 16.3. The Kier molecular flexibility index (Phi) is 2.73. The summed E-state index contributed by atoms with van der Waals surface area (Å²) in [6.45, 7) is 0.912. The first-order valence-electron chi connectivity index (χ1n) is 6.90. The number of fused-ring (bicyclic) bond motifs is 2. The number of piperidine rings is 1. The smallest absolute Gasteiger partial charge is 0.0774 e. The van der Waals surface area contributed by atoms with Crippen molar-refractivity contribution in [2.75, 3.05) is 6.54 Å². The Bertz CT molecular complexity index is 249. The molecule has 0 spiro atoms. The van der Waals surface area contributed by atoms with Crippen LogP contribution in [-0.4, -0.2) is 40.3 Å². The maximum Gasteiger partial charge on any atom is 0.0774 e. The average Bonchev–Trinajstić information content (AvgIpc) is 2.72. The molecule has 2 heterocycles. The fourth-order valence-electron chi connectivity index (χ4n) is 4.11. The first-order valence-corrected chi connectivity index (χ1v) is 6.90. The van der Waals surface area contributed by atoms with Gasteiger partial charge in [-0.3, -0.25) is 4.90 Å². The van der Waals surface area contributed by atoms with Gasteiger partial charge < -0.3 is 10.8 Å². The van der Waals surface area contributed by atoms with Crippen LogP contribution >= 0.6 is 0 Å². The van der Waals surface area contributed by atoms with Crippen LogP contribution in [0.25, 0.3) is 0 Å². The molecule has 2 aliphatic heterocycles. The summed E-state index contributed by atoms with van der Waals surface area (Å²) in [6.07, 6.45) is 9.32. The van der Waals surface area contributed by atoms with E-state index in [0.717, 1.165) is 32.2 Å². The Hall–Kier alpha value is -0.120. The summed E-state index contributed by atoms with van der Waals surface area (Å²) in [6, 6.07) is 1.74. The molecule has 3 rings (SSSR count). The summed E-state index contributed by atoms with van der Waals surface area (Å²) in [7, 11) is 0. The van der Waals surface area contributed by atoms with Gasteiger partial charge in [0.2, 0.25) is 0 Å². The van der Waals surface area contributed by atoms with E-state index in [9.17, 15) is 5.11 Å².